The lowest BCUT2D eigenvalue weighted by Gasteiger charge is -2.30. The molecule has 226 valence electrons. The van der Waals surface area contributed by atoms with Gasteiger partial charge in [-0.2, -0.15) is 0 Å². The summed E-state index contributed by atoms with van der Waals surface area (Å²) in [5, 5.41) is 2.60. The molecule has 47 heavy (non-hydrogen) atoms. The second kappa shape index (κ2) is 10.0. The minimum Gasteiger partial charge on any atom is -0.310 e. The zero-order valence-corrected chi connectivity index (χ0v) is 27.4. The average molecular weight is 604 g/mol. The molecular formula is C46H37N. The third-order valence-corrected chi connectivity index (χ3v) is 10.8. The van der Waals surface area contributed by atoms with Gasteiger partial charge in [-0.25, -0.2) is 0 Å². The van der Waals surface area contributed by atoms with Crippen LogP contribution in [0.4, 0.5) is 17.1 Å². The van der Waals surface area contributed by atoms with Crippen molar-refractivity contribution >= 4 is 27.8 Å². The zero-order valence-electron chi connectivity index (χ0n) is 27.4. The van der Waals surface area contributed by atoms with Crippen molar-refractivity contribution in [3.8, 4) is 33.4 Å². The highest BCUT2D eigenvalue weighted by Crippen LogP contribution is 2.57. The highest BCUT2D eigenvalue weighted by Gasteiger charge is 2.40. The van der Waals surface area contributed by atoms with Crippen LogP contribution < -0.4 is 4.90 Å². The van der Waals surface area contributed by atoms with E-state index in [9.17, 15) is 0 Å². The first-order valence-electron chi connectivity index (χ1n) is 16.7. The molecule has 1 heteroatoms. The summed E-state index contributed by atoms with van der Waals surface area (Å²) >= 11 is 0. The number of hydrogen-bond acceptors (Lipinski definition) is 1. The largest absolute Gasteiger partial charge is 0.310 e. The summed E-state index contributed by atoms with van der Waals surface area (Å²) in [4.78, 5) is 2.46. The van der Waals surface area contributed by atoms with Gasteiger partial charge in [0.25, 0.3) is 0 Å². The molecule has 7 aromatic rings. The van der Waals surface area contributed by atoms with Crippen molar-refractivity contribution < 1.29 is 0 Å². The van der Waals surface area contributed by atoms with Crippen LogP contribution in [0.2, 0.25) is 0 Å². The quantitative estimate of drug-likeness (QED) is 0.193. The Hall–Kier alpha value is -5.40. The van der Waals surface area contributed by atoms with Crippen LogP contribution in [-0.2, 0) is 10.8 Å². The fourth-order valence-electron chi connectivity index (χ4n) is 8.60. The summed E-state index contributed by atoms with van der Waals surface area (Å²) in [6, 6.07) is 56.1. The van der Waals surface area contributed by atoms with E-state index in [0.29, 0.717) is 0 Å². The highest BCUT2D eigenvalue weighted by molar-refractivity contribution is 6.06. The molecule has 0 spiro atoms. The summed E-state index contributed by atoms with van der Waals surface area (Å²) in [6.07, 6.45) is 0. The topological polar surface area (TPSA) is 3.24 Å². The van der Waals surface area contributed by atoms with Gasteiger partial charge in [-0.05, 0) is 91.2 Å². The molecule has 2 aliphatic rings. The zero-order chi connectivity index (χ0) is 31.9. The number of para-hydroxylation sites is 1. The van der Waals surface area contributed by atoms with Crippen LogP contribution in [-0.4, -0.2) is 0 Å². The smallest absolute Gasteiger partial charge is 0.0549 e. The summed E-state index contributed by atoms with van der Waals surface area (Å²) in [5.41, 5.74) is 16.9. The SMILES string of the molecule is CC1(C)c2ccccc2-c2c(-c3ccc(N(c4ccccc4)c4cc5ccccc5c5c4-c4ccccc4C5(C)C)cc3)cccc21. The van der Waals surface area contributed by atoms with Gasteiger partial charge in [0.2, 0.25) is 0 Å². The maximum Gasteiger partial charge on any atom is 0.0549 e. The molecule has 0 radical (unpaired) electrons. The van der Waals surface area contributed by atoms with Gasteiger partial charge in [0.05, 0.1) is 5.69 Å². The molecule has 2 aliphatic carbocycles. The number of benzene rings is 7. The van der Waals surface area contributed by atoms with Gasteiger partial charge in [-0.3, -0.25) is 0 Å². The van der Waals surface area contributed by atoms with Gasteiger partial charge in [0.1, 0.15) is 0 Å². The Balaban J connectivity index is 1.26. The van der Waals surface area contributed by atoms with E-state index in [4.69, 9.17) is 0 Å². The average Bonchev–Trinajstić information content (AvgIpc) is 3.50. The molecule has 0 amide bonds. The van der Waals surface area contributed by atoms with Gasteiger partial charge >= 0.3 is 0 Å². The monoisotopic (exact) mass is 603 g/mol. The molecule has 0 atom stereocenters. The molecule has 0 unspecified atom stereocenters. The van der Waals surface area contributed by atoms with E-state index in [-0.39, 0.29) is 10.8 Å². The Labute approximate surface area is 277 Å². The van der Waals surface area contributed by atoms with E-state index in [2.05, 4.69) is 184 Å². The number of hydrogen-bond donors (Lipinski definition) is 0. The van der Waals surface area contributed by atoms with Crippen molar-refractivity contribution in [1.82, 2.24) is 0 Å². The molecule has 7 aromatic carbocycles. The normalized spacial score (nSPS) is 14.7. The number of nitrogens with zero attached hydrogens (tertiary/aromatic N) is 1. The Kier molecular flexibility index (Phi) is 5.96. The molecule has 0 fully saturated rings. The summed E-state index contributed by atoms with van der Waals surface area (Å²) in [5.74, 6) is 0. The van der Waals surface area contributed by atoms with E-state index in [1.807, 2.05) is 0 Å². The van der Waals surface area contributed by atoms with Crippen LogP contribution in [0, 0.1) is 0 Å². The fraction of sp³-hybridized carbons (Fsp3) is 0.130. The first kappa shape index (κ1) is 27.9. The van der Waals surface area contributed by atoms with E-state index < -0.39 is 0 Å². The lowest BCUT2D eigenvalue weighted by Crippen LogP contribution is -2.16. The first-order chi connectivity index (χ1) is 22.9. The second-order valence-electron chi connectivity index (χ2n) is 14.2. The van der Waals surface area contributed by atoms with Crippen LogP contribution in [0.3, 0.4) is 0 Å². The van der Waals surface area contributed by atoms with E-state index in [1.165, 1.54) is 72.1 Å². The lowest BCUT2D eigenvalue weighted by atomic mass is 9.80. The van der Waals surface area contributed by atoms with Crippen molar-refractivity contribution in [2.75, 3.05) is 4.90 Å². The van der Waals surface area contributed by atoms with Crippen molar-refractivity contribution in [2.45, 2.75) is 38.5 Å². The van der Waals surface area contributed by atoms with E-state index in [0.717, 1.165) is 11.4 Å². The predicted molar refractivity (Wildman–Crippen MR) is 199 cm³/mol. The predicted octanol–water partition coefficient (Wildman–Crippen LogP) is 12.6. The third kappa shape index (κ3) is 3.96. The van der Waals surface area contributed by atoms with Crippen molar-refractivity contribution in [2.24, 2.45) is 0 Å². The fourth-order valence-corrected chi connectivity index (χ4v) is 8.60. The molecule has 0 saturated heterocycles. The van der Waals surface area contributed by atoms with Gasteiger partial charge in [-0.1, -0.05) is 149 Å². The molecular weight excluding hydrogens is 567 g/mol. The number of anilines is 3. The molecule has 0 aromatic heterocycles. The molecule has 0 N–H and O–H groups in total. The summed E-state index contributed by atoms with van der Waals surface area (Å²) in [7, 11) is 0. The van der Waals surface area contributed by atoms with Gasteiger partial charge in [-0.15, -0.1) is 0 Å². The standard InChI is InChI=1S/C46H37N/c1-45(2)38-22-12-10-19-36(38)42-34(21-14-24-40(42)45)30-25-27-33(28-26-30)47(32-16-6-5-7-17-32)41-29-31-15-8-9-18-35(31)44-43(41)37-20-11-13-23-39(37)46(44,3)4/h5-29H,1-4H3. The Bertz CT molecular complexity index is 2340. The maximum absolute atomic E-state index is 2.46. The van der Waals surface area contributed by atoms with Crippen molar-refractivity contribution in [1.29, 1.82) is 0 Å². The van der Waals surface area contributed by atoms with E-state index >= 15 is 0 Å². The summed E-state index contributed by atoms with van der Waals surface area (Å²) in [6.45, 7) is 9.47. The van der Waals surface area contributed by atoms with Crippen molar-refractivity contribution in [3.63, 3.8) is 0 Å². The molecule has 1 nitrogen and oxygen atoms in total. The molecule has 9 rings (SSSR count). The Morgan fingerprint density at radius 1 is 0.426 bits per heavy atom. The van der Waals surface area contributed by atoms with Crippen LogP contribution in [0.15, 0.2) is 152 Å². The van der Waals surface area contributed by atoms with Crippen molar-refractivity contribution in [3.05, 3.63) is 174 Å². The second-order valence-corrected chi connectivity index (χ2v) is 14.2. The highest BCUT2D eigenvalue weighted by atomic mass is 15.1. The Morgan fingerprint density at radius 2 is 0.979 bits per heavy atom. The first-order valence-corrected chi connectivity index (χ1v) is 16.7. The van der Waals surface area contributed by atoms with Gasteiger partial charge < -0.3 is 4.90 Å². The van der Waals surface area contributed by atoms with Crippen LogP contribution in [0.1, 0.15) is 49.9 Å². The van der Waals surface area contributed by atoms with Crippen LogP contribution in [0.25, 0.3) is 44.2 Å². The molecule has 0 saturated carbocycles. The minimum absolute atomic E-state index is 0.0213. The number of rotatable bonds is 4. The minimum atomic E-state index is -0.120. The van der Waals surface area contributed by atoms with E-state index in [1.54, 1.807) is 0 Å². The molecule has 0 heterocycles. The Morgan fingerprint density at radius 3 is 1.72 bits per heavy atom. The van der Waals surface area contributed by atoms with Crippen LogP contribution >= 0.6 is 0 Å². The van der Waals surface area contributed by atoms with Gasteiger partial charge in [0.15, 0.2) is 0 Å². The molecule has 0 bridgehead atoms. The molecule has 0 aliphatic heterocycles. The third-order valence-electron chi connectivity index (χ3n) is 10.8. The summed E-state index contributed by atoms with van der Waals surface area (Å²) < 4.78 is 0. The lowest BCUT2D eigenvalue weighted by molar-refractivity contribution is 0.660. The maximum atomic E-state index is 2.46. The number of fused-ring (bicyclic) bond motifs is 8. The van der Waals surface area contributed by atoms with Crippen LogP contribution in [0.5, 0.6) is 0 Å². The van der Waals surface area contributed by atoms with Gasteiger partial charge in [0, 0.05) is 27.8 Å².